The Morgan fingerprint density at radius 1 is 1.05 bits per heavy atom. The molecule has 0 aliphatic heterocycles. The Labute approximate surface area is 238 Å². The van der Waals surface area contributed by atoms with Gasteiger partial charge in [0.15, 0.2) is 0 Å². The lowest BCUT2D eigenvalue weighted by molar-refractivity contribution is -0.274. The number of nitrogens with zero attached hydrogens (tertiary/aromatic N) is 1. The molecule has 7 nitrogen and oxygen atoms in total. The van der Waals surface area contributed by atoms with E-state index in [0.29, 0.717) is 11.1 Å². The average molecular weight is 581 g/mol. The minimum atomic E-state index is -5.04. The first-order valence-electron chi connectivity index (χ1n) is 12.8. The summed E-state index contributed by atoms with van der Waals surface area (Å²) < 4.78 is 43.8. The van der Waals surface area contributed by atoms with Crippen LogP contribution in [0.15, 0.2) is 66.9 Å². The van der Waals surface area contributed by atoms with Crippen molar-refractivity contribution in [2.75, 3.05) is 0 Å². The zero-order chi connectivity index (χ0) is 29.1. The molecule has 0 spiro atoms. The highest BCUT2D eigenvalue weighted by molar-refractivity contribution is 6.34. The molecule has 0 saturated heterocycles. The molecule has 5 rings (SSSR count). The molecule has 2 amide bonds. The molecule has 1 aliphatic carbocycles. The van der Waals surface area contributed by atoms with Gasteiger partial charge in [0.05, 0.1) is 28.6 Å². The minimum Gasteiger partial charge on any atom is -0.405 e. The second-order valence-corrected chi connectivity index (χ2v) is 10.2. The molecule has 1 aliphatic rings. The van der Waals surface area contributed by atoms with E-state index in [9.17, 15) is 28.0 Å². The average Bonchev–Trinajstić information content (AvgIpc) is 3.65. The highest BCUT2D eigenvalue weighted by atomic mass is 35.5. The summed E-state index contributed by atoms with van der Waals surface area (Å²) in [4.78, 5) is 28.9. The van der Waals surface area contributed by atoms with Gasteiger partial charge < -0.3 is 20.4 Å². The first-order valence-corrected chi connectivity index (χ1v) is 13.2. The van der Waals surface area contributed by atoms with E-state index in [1.165, 1.54) is 24.3 Å². The van der Waals surface area contributed by atoms with E-state index >= 15 is 0 Å². The number of halogens is 4. The van der Waals surface area contributed by atoms with E-state index in [0.717, 1.165) is 35.4 Å². The van der Waals surface area contributed by atoms with Gasteiger partial charge in [0.1, 0.15) is 5.75 Å². The monoisotopic (exact) mass is 580 g/mol. The predicted molar refractivity (Wildman–Crippen MR) is 148 cm³/mol. The summed E-state index contributed by atoms with van der Waals surface area (Å²) in [6, 6.07) is 17.3. The van der Waals surface area contributed by atoms with E-state index in [1.54, 1.807) is 12.3 Å². The molecule has 1 saturated carbocycles. The van der Waals surface area contributed by atoms with Crippen LogP contribution in [0.25, 0.3) is 22.0 Å². The van der Waals surface area contributed by atoms with Gasteiger partial charge in [-0.3, -0.25) is 9.59 Å². The van der Waals surface area contributed by atoms with Gasteiger partial charge in [-0.05, 0) is 66.3 Å². The minimum absolute atomic E-state index is 0.0691. The largest absolute Gasteiger partial charge is 0.573 e. The van der Waals surface area contributed by atoms with Crippen molar-refractivity contribution < 1.29 is 27.5 Å². The Balaban J connectivity index is 1.43. The number of aromatic amines is 1. The third kappa shape index (κ3) is 6.81. The maximum Gasteiger partial charge on any atom is 0.573 e. The van der Waals surface area contributed by atoms with Crippen molar-refractivity contribution in [1.29, 1.82) is 5.26 Å². The summed E-state index contributed by atoms with van der Waals surface area (Å²) >= 11 is 6.36. The van der Waals surface area contributed by atoms with Crippen LogP contribution in [0.5, 0.6) is 5.75 Å². The van der Waals surface area contributed by atoms with Crippen LogP contribution in [0, 0.1) is 11.3 Å². The quantitative estimate of drug-likeness (QED) is 0.209. The van der Waals surface area contributed by atoms with Gasteiger partial charge in [0.25, 0.3) is 11.8 Å². The fourth-order valence-corrected chi connectivity index (χ4v) is 4.85. The van der Waals surface area contributed by atoms with Gasteiger partial charge in [-0.15, -0.1) is 13.2 Å². The fourth-order valence-electron chi connectivity index (χ4n) is 4.58. The normalized spacial score (nSPS) is 13.8. The maximum atomic E-state index is 13.4. The van der Waals surface area contributed by atoms with Gasteiger partial charge in [-0.2, -0.15) is 5.26 Å². The summed E-state index contributed by atoms with van der Waals surface area (Å²) in [6.07, 6.45) is -1.23. The van der Waals surface area contributed by atoms with Gasteiger partial charge in [0, 0.05) is 29.2 Å². The van der Waals surface area contributed by atoms with Crippen molar-refractivity contribution in [2.24, 2.45) is 0 Å². The summed E-state index contributed by atoms with van der Waals surface area (Å²) in [5, 5.41) is 16.0. The molecule has 41 heavy (non-hydrogen) atoms. The predicted octanol–water partition coefficient (Wildman–Crippen LogP) is 6.53. The molecule has 1 fully saturated rings. The Morgan fingerprint density at radius 3 is 2.49 bits per heavy atom. The molecule has 3 aromatic carbocycles. The second-order valence-electron chi connectivity index (χ2n) is 9.80. The van der Waals surface area contributed by atoms with Crippen LogP contribution < -0.4 is 15.4 Å². The first-order chi connectivity index (χ1) is 19.6. The number of nitriles is 1. The lowest BCUT2D eigenvalue weighted by Gasteiger charge is -2.19. The SMILES string of the molecule is N#CCC(Cc1c[nH]c2ccccc12)NC(=O)c1cc(-c2ccc(C(=O)NC3CC3)c(Cl)c2)ccc1OC(F)(F)F. The smallest absolute Gasteiger partial charge is 0.405 e. The molecule has 11 heteroatoms. The molecule has 0 bridgehead atoms. The molecule has 1 heterocycles. The topological polar surface area (TPSA) is 107 Å². The Morgan fingerprint density at radius 2 is 1.78 bits per heavy atom. The zero-order valence-electron chi connectivity index (χ0n) is 21.5. The number of alkyl halides is 3. The van der Waals surface area contributed by atoms with Crippen LogP contribution >= 0.6 is 11.6 Å². The van der Waals surface area contributed by atoms with Crippen molar-refractivity contribution in [3.63, 3.8) is 0 Å². The standard InChI is InChI=1S/C30H24ClF3N4O3/c31-25-15-18(5-9-23(25)28(39)37-20-7-8-20)17-6-10-27(41-30(32,33)34)24(14-17)29(40)38-21(11-12-35)13-19-16-36-26-4-2-1-3-22(19)26/h1-6,9-10,14-16,20-21,36H,7-8,11,13H2,(H,37,39)(H,38,40). The number of amides is 2. The number of nitrogens with one attached hydrogen (secondary N) is 3. The number of H-pyrrole nitrogens is 1. The number of rotatable bonds is 9. The van der Waals surface area contributed by atoms with E-state index in [1.807, 2.05) is 30.3 Å². The van der Waals surface area contributed by atoms with Crippen LogP contribution in [0.4, 0.5) is 13.2 Å². The number of hydrogen-bond acceptors (Lipinski definition) is 4. The number of aromatic nitrogens is 1. The lowest BCUT2D eigenvalue weighted by Crippen LogP contribution is -2.36. The van der Waals surface area contributed by atoms with Gasteiger partial charge >= 0.3 is 6.36 Å². The summed E-state index contributed by atoms with van der Waals surface area (Å²) in [6.45, 7) is 0. The molecular formula is C30H24ClF3N4O3. The number of hydrogen-bond donors (Lipinski definition) is 3. The third-order valence-electron chi connectivity index (χ3n) is 6.72. The van der Waals surface area contributed by atoms with Crippen LogP contribution in [0.3, 0.4) is 0 Å². The van der Waals surface area contributed by atoms with Crippen molar-refractivity contribution >= 4 is 34.3 Å². The number of fused-ring (bicyclic) bond motifs is 1. The molecule has 210 valence electrons. The first kappa shape index (κ1) is 28.1. The Bertz CT molecular complexity index is 1660. The number of carbonyl (C=O) groups is 2. The highest BCUT2D eigenvalue weighted by Gasteiger charge is 2.33. The zero-order valence-corrected chi connectivity index (χ0v) is 22.3. The van der Waals surface area contributed by atoms with Crippen molar-refractivity contribution in [2.45, 2.75) is 44.1 Å². The summed E-state index contributed by atoms with van der Waals surface area (Å²) in [5.74, 6) is -1.83. The van der Waals surface area contributed by atoms with E-state index < -0.39 is 24.1 Å². The highest BCUT2D eigenvalue weighted by Crippen LogP contribution is 2.33. The molecular weight excluding hydrogens is 557 g/mol. The molecule has 1 unspecified atom stereocenters. The number of ether oxygens (including phenoxy) is 1. The van der Waals surface area contributed by atoms with Crippen LogP contribution in [-0.2, 0) is 6.42 Å². The Kier molecular flexibility index (Phi) is 7.90. The van der Waals surface area contributed by atoms with Crippen molar-refractivity contribution in [3.8, 4) is 22.9 Å². The molecule has 1 atom stereocenters. The Hall–Kier alpha value is -4.49. The molecule has 3 N–H and O–H groups in total. The summed E-state index contributed by atoms with van der Waals surface area (Å²) in [5.41, 5.74) is 2.50. The van der Waals surface area contributed by atoms with Gasteiger partial charge in [0.2, 0.25) is 0 Å². The van der Waals surface area contributed by atoms with Crippen LogP contribution in [0.2, 0.25) is 5.02 Å². The van der Waals surface area contributed by atoms with Crippen LogP contribution in [0.1, 0.15) is 45.5 Å². The van der Waals surface area contributed by atoms with Gasteiger partial charge in [-0.1, -0.05) is 41.9 Å². The lowest BCUT2D eigenvalue weighted by atomic mass is 9.99. The number of carbonyl (C=O) groups excluding carboxylic acids is 2. The molecule has 0 radical (unpaired) electrons. The number of para-hydroxylation sites is 1. The van der Waals surface area contributed by atoms with Crippen molar-refractivity contribution in [1.82, 2.24) is 15.6 Å². The van der Waals surface area contributed by atoms with E-state index in [4.69, 9.17) is 11.6 Å². The van der Waals surface area contributed by atoms with Crippen molar-refractivity contribution in [3.05, 3.63) is 88.6 Å². The molecule has 1 aromatic heterocycles. The molecule has 4 aromatic rings. The summed E-state index contributed by atoms with van der Waals surface area (Å²) in [7, 11) is 0. The van der Waals surface area contributed by atoms with Gasteiger partial charge in [-0.25, -0.2) is 0 Å². The fraction of sp³-hybridized carbons (Fsp3) is 0.233. The van der Waals surface area contributed by atoms with E-state index in [-0.39, 0.29) is 40.9 Å². The second kappa shape index (κ2) is 11.6. The van der Waals surface area contributed by atoms with E-state index in [2.05, 4.69) is 20.4 Å². The third-order valence-corrected chi connectivity index (χ3v) is 7.04. The number of benzene rings is 3. The van der Waals surface area contributed by atoms with Crippen LogP contribution in [-0.4, -0.2) is 35.2 Å². The maximum absolute atomic E-state index is 13.4.